The summed E-state index contributed by atoms with van der Waals surface area (Å²) in [6.07, 6.45) is 3.04. The van der Waals surface area contributed by atoms with Crippen molar-refractivity contribution in [3.05, 3.63) is 35.4 Å². The molecule has 0 saturated heterocycles. The van der Waals surface area contributed by atoms with Gasteiger partial charge in [0.15, 0.2) is 0 Å². The van der Waals surface area contributed by atoms with Gasteiger partial charge in [-0.15, -0.1) is 0 Å². The zero-order valence-corrected chi connectivity index (χ0v) is 12.5. The Labute approximate surface area is 121 Å². The zero-order chi connectivity index (χ0) is 14.8. The summed E-state index contributed by atoms with van der Waals surface area (Å²) in [5, 5.41) is 2.84. The highest BCUT2D eigenvalue weighted by atomic mass is 16.5. The minimum Gasteiger partial charge on any atom is -0.381 e. The van der Waals surface area contributed by atoms with Crippen LogP contribution in [0.4, 0.5) is 0 Å². The van der Waals surface area contributed by atoms with Crippen LogP contribution < -0.4 is 11.1 Å². The van der Waals surface area contributed by atoms with Gasteiger partial charge in [-0.2, -0.15) is 0 Å². The Morgan fingerprint density at radius 2 is 1.90 bits per heavy atom. The van der Waals surface area contributed by atoms with Gasteiger partial charge in [0.1, 0.15) is 6.04 Å². The Hall–Kier alpha value is -1.39. The topological polar surface area (TPSA) is 64.3 Å². The highest BCUT2D eigenvalue weighted by molar-refractivity contribution is 5.82. The monoisotopic (exact) mass is 278 g/mol. The van der Waals surface area contributed by atoms with E-state index in [4.69, 9.17) is 10.5 Å². The first-order chi connectivity index (χ1) is 9.65. The van der Waals surface area contributed by atoms with E-state index >= 15 is 0 Å². The number of hydrogen-bond acceptors (Lipinski definition) is 3. The number of unbranched alkanes of at least 4 members (excludes halogenated alkanes) is 1. The summed E-state index contributed by atoms with van der Waals surface area (Å²) >= 11 is 0. The number of ether oxygens (including phenoxy) is 1. The second kappa shape index (κ2) is 9.50. The molecule has 112 valence electrons. The predicted molar refractivity (Wildman–Crippen MR) is 81.5 cm³/mol. The fourth-order valence-electron chi connectivity index (χ4n) is 1.77. The number of nitrogens with one attached hydrogen (secondary N) is 1. The lowest BCUT2D eigenvalue weighted by atomic mass is 10.1. The lowest BCUT2D eigenvalue weighted by molar-refractivity contribution is -0.122. The molecular formula is C16H26N2O2. The van der Waals surface area contributed by atoms with Crippen molar-refractivity contribution in [3.8, 4) is 0 Å². The molecule has 0 spiro atoms. The second-order valence-corrected chi connectivity index (χ2v) is 5.00. The number of nitrogens with two attached hydrogens (primary N) is 1. The first-order valence-electron chi connectivity index (χ1n) is 7.32. The van der Waals surface area contributed by atoms with E-state index in [0.29, 0.717) is 13.2 Å². The van der Waals surface area contributed by atoms with Gasteiger partial charge in [0.2, 0.25) is 5.91 Å². The first kappa shape index (κ1) is 16.7. The molecule has 1 unspecified atom stereocenters. The SMILES string of the molecule is CCCCOCCCNC(=O)C(N)c1ccc(C)cc1. The van der Waals surface area contributed by atoms with Gasteiger partial charge in [0.05, 0.1) is 0 Å². The molecule has 0 aromatic heterocycles. The third-order valence-electron chi connectivity index (χ3n) is 3.13. The molecule has 0 fully saturated rings. The number of carbonyl (C=O) groups is 1. The molecule has 1 amide bonds. The summed E-state index contributed by atoms with van der Waals surface area (Å²) in [5.74, 6) is -0.137. The third-order valence-corrected chi connectivity index (χ3v) is 3.13. The Morgan fingerprint density at radius 1 is 1.25 bits per heavy atom. The third kappa shape index (κ3) is 6.17. The normalized spacial score (nSPS) is 12.2. The minimum atomic E-state index is -0.600. The van der Waals surface area contributed by atoms with Crippen LogP contribution in [0.2, 0.25) is 0 Å². The summed E-state index contributed by atoms with van der Waals surface area (Å²) < 4.78 is 5.43. The van der Waals surface area contributed by atoms with Gasteiger partial charge in [-0.1, -0.05) is 43.2 Å². The second-order valence-electron chi connectivity index (χ2n) is 5.00. The molecule has 0 bridgehead atoms. The zero-order valence-electron chi connectivity index (χ0n) is 12.5. The molecule has 1 aromatic rings. The highest BCUT2D eigenvalue weighted by Crippen LogP contribution is 2.11. The number of amides is 1. The molecule has 0 aliphatic heterocycles. The van der Waals surface area contributed by atoms with Crippen LogP contribution in [0.25, 0.3) is 0 Å². The molecular weight excluding hydrogens is 252 g/mol. The predicted octanol–water partition coefficient (Wildman–Crippen LogP) is 2.32. The van der Waals surface area contributed by atoms with E-state index < -0.39 is 6.04 Å². The fraction of sp³-hybridized carbons (Fsp3) is 0.562. The molecule has 20 heavy (non-hydrogen) atoms. The van der Waals surface area contributed by atoms with Gasteiger partial charge in [-0.25, -0.2) is 0 Å². The standard InChI is InChI=1S/C16H26N2O2/c1-3-4-11-20-12-5-10-18-16(19)15(17)14-8-6-13(2)7-9-14/h6-9,15H,3-5,10-12,17H2,1-2H3,(H,18,19). The summed E-state index contributed by atoms with van der Waals surface area (Å²) in [5.41, 5.74) is 7.92. The first-order valence-corrected chi connectivity index (χ1v) is 7.32. The molecule has 0 saturated carbocycles. The summed E-state index contributed by atoms with van der Waals surface area (Å²) in [7, 11) is 0. The Bertz CT molecular complexity index is 390. The van der Waals surface area contributed by atoms with E-state index in [0.717, 1.165) is 37.0 Å². The van der Waals surface area contributed by atoms with Crippen LogP contribution in [0.15, 0.2) is 24.3 Å². The van der Waals surface area contributed by atoms with E-state index in [2.05, 4.69) is 12.2 Å². The van der Waals surface area contributed by atoms with Gasteiger partial charge in [-0.05, 0) is 25.3 Å². The maximum absolute atomic E-state index is 11.9. The Balaban J connectivity index is 2.20. The van der Waals surface area contributed by atoms with Crippen LogP contribution >= 0.6 is 0 Å². The number of hydrogen-bond donors (Lipinski definition) is 2. The van der Waals surface area contributed by atoms with E-state index in [9.17, 15) is 4.79 Å². The van der Waals surface area contributed by atoms with Crippen LogP contribution in [0.1, 0.15) is 43.4 Å². The van der Waals surface area contributed by atoms with Crippen molar-refractivity contribution in [1.29, 1.82) is 0 Å². The van der Waals surface area contributed by atoms with Crippen LogP contribution in [-0.4, -0.2) is 25.7 Å². The van der Waals surface area contributed by atoms with E-state index in [1.807, 2.05) is 31.2 Å². The van der Waals surface area contributed by atoms with Gasteiger partial charge in [0, 0.05) is 19.8 Å². The Kier molecular flexibility index (Phi) is 7.92. The van der Waals surface area contributed by atoms with Crippen LogP contribution in [0.3, 0.4) is 0 Å². The maximum Gasteiger partial charge on any atom is 0.241 e. The number of benzene rings is 1. The van der Waals surface area contributed by atoms with Crippen molar-refractivity contribution in [1.82, 2.24) is 5.32 Å². The van der Waals surface area contributed by atoms with Crippen molar-refractivity contribution < 1.29 is 9.53 Å². The lowest BCUT2D eigenvalue weighted by Gasteiger charge is -2.13. The molecule has 1 atom stereocenters. The molecule has 0 aliphatic rings. The number of carbonyl (C=O) groups excluding carboxylic acids is 1. The van der Waals surface area contributed by atoms with Crippen molar-refractivity contribution in [2.75, 3.05) is 19.8 Å². The maximum atomic E-state index is 11.9. The quantitative estimate of drug-likeness (QED) is 0.681. The number of aryl methyl sites for hydroxylation is 1. The summed E-state index contributed by atoms with van der Waals surface area (Å²) in [6, 6.07) is 7.12. The average molecular weight is 278 g/mol. The summed E-state index contributed by atoms with van der Waals surface area (Å²) in [6.45, 7) is 6.22. The molecule has 4 heteroatoms. The van der Waals surface area contributed by atoms with Crippen molar-refractivity contribution >= 4 is 5.91 Å². The molecule has 0 heterocycles. The fourth-order valence-corrected chi connectivity index (χ4v) is 1.77. The molecule has 0 radical (unpaired) electrons. The van der Waals surface area contributed by atoms with Crippen LogP contribution in [0.5, 0.6) is 0 Å². The van der Waals surface area contributed by atoms with Gasteiger partial charge < -0.3 is 15.8 Å². The van der Waals surface area contributed by atoms with Gasteiger partial charge >= 0.3 is 0 Å². The van der Waals surface area contributed by atoms with Gasteiger partial charge in [-0.3, -0.25) is 4.79 Å². The van der Waals surface area contributed by atoms with Crippen molar-refractivity contribution in [2.45, 2.75) is 39.2 Å². The number of rotatable bonds is 9. The smallest absolute Gasteiger partial charge is 0.241 e. The van der Waals surface area contributed by atoms with E-state index in [1.54, 1.807) is 0 Å². The van der Waals surface area contributed by atoms with E-state index in [1.165, 1.54) is 0 Å². The molecule has 1 aromatic carbocycles. The summed E-state index contributed by atoms with van der Waals surface area (Å²) in [4.78, 5) is 11.9. The van der Waals surface area contributed by atoms with Crippen molar-refractivity contribution in [2.24, 2.45) is 5.73 Å². The minimum absolute atomic E-state index is 0.137. The van der Waals surface area contributed by atoms with Gasteiger partial charge in [0.25, 0.3) is 0 Å². The average Bonchev–Trinajstić information content (AvgIpc) is 2.46. The Morgan fingerprint density at radius 3 is 2.55 bits per heavy atom. The van der Waals surface area contributed by atoms with Crippen LogP contribution in [-0.2, 0) is 9.53 Å². The molecule has 4 nitrogen and oxygen atoms in total. The largest absolute Gasteiger partial charge is 0.381 e. The molecule has 1 rings (SSSR count). The van der Waals surface area contributed by atoms with Crippen LogP contribution in [0, 0.1) is 6.92 Å². The van der Waals surface area contributed by atoms with Crippen molar-refractivity contribution in [3.63, 3.8) is 0 Å². The highest BCUT2D eigenvalue weighted by Gasteiger charge is 2.14. The molecule has 0 aliphatic carbocycles. The lowest BCUT2D eigenvalue weighted by Crippen LogP contribution is -2.35. The van der Waals surface area contributed by atoms with E-state index in [-0.39, 0.29) is 5.91 Å². The molecule has 3 N–H and O–H groups in total.